The molecule has 1 saturated heterocycles. The minimum atomic E-state index is -0.370. The first-order valence-electron chi connectivity index (χ1n) is 7.35. The van der Waals surface area contributed by atoms with Gasteiger partial charge in [-0.2, -0.15) is 0 Å². The third-order valence-electron chi connectivity index (χ3n) is 3.81. The number of rotatable bonds is 5. The highest BCUT2D eigenvalue weighted by Crippen LogP contribution is 2.24. The van der Waals surface area contributed by atoms with Crippen LogP contribution in [0.4, 0.5) is 0 Å². The van der Waals surface area contributed by atoms with Gasteiger partial charge in [-0.3, -0.25) is 9.59 Å². The van der Waals surface area contributed by atoms with E-state index < -0.39 is 0 Å². The van der Waals surface area contributed by atoms with E-state index in [0.717, 1.165) is 15.8 Å². The second-order valence-electron chi connectivity index (χ2n) is 5.62. The average molecular weight is 369 g/mol. The monoisotopic (exact) mass is 368 g/mol. The summed E-state index contributed by atoms with van der Waals surface area (Å²) in [4.78, 5) is 25.9. The summed E-state index contributed by atoms with van der Waals surface area (Å²) in [5, 5.41) is 2.91. The quantitative estimate of drug-likeness (QED) is 0.868. The Morgan fingerprint density at radius 2 is 2.23 bits per heavy atom. The highest BCUT2D eigenvalue weighted by molar-refractivity contribution is 9.10. The lowest BCUT2D eigenvalue weighted by molar-refractivity contribution is -0.137. The van der Waals surface area contributed by atoms with Gasteiger partial charge in [0.25, 0.3) is 0 Å². The van der Waals surface area contributed by atoms with Gasteiger partial charge in [0.1, 0.15) is 11.8 Å². The standard InChI is InChI=1S/C16H21BrN2O3/c1-10(2)19-13(5-7-15(19)20)16(21)18-9-11-8-12(17)4-6-14(11)22-3/h4,6,8,10,13H,5,7,9H2,1-3H3,(H,18,21)/t13-/m0/s1. The number of hydrogen-bond donors (Lipinski definition) is 1. The molecular weight excluding hydrogens is 348 g/mol. The van der Waals surface area contributed by atoms with E-state index in [1.807, 2.05) is 32.0 Å². The van der Waals surface area contributed by atoms with Crippen LogP contribution in [-0.4, -0.2) is 35.9 Å². The zero-order valence-electron chi connectivity index (χ0n) is 13.1. The maximum absolute atomic E-state index is 12.4. The third kappa shape index (κ3) is 3.61. The normalized spacial score (nSPS) is 18.0. The topological polar surface area (TPSA) is 58.6 Å². The van der Waals surface area contributed by atoms with Gasteiger partial charge in [-0.1, -0.05) is 15.9 Å². The molecule has 0 aliphatic carbocycles. The Hall–Kier alpha value is -1.56. The summed E-state index contributed by atoms with van der Waals surface area (Å²) < 4.78 is 6.23. The number of ether oxygens (including phenoxy) is 1. The number of nitrogens with one attached hydrogen (secondary N) is 1. The molecule has 22 heavy (non-hydrogen) atoms. The summed E-state index contributed by atoms with van der Waals surface area (Å²) in [6.45, 7) is 4.24. The molecule has 1 aliphatic heterocycles. The SMILES string of the molecule is COc1ccc(Br)cc1CNC(=O)[C@@H]1CCC(=O)N1C(C)C. The lowest BCUT2D eigenvalue weighted by Crippen LogP contribution is -2.47. The molecule has 0 bridgehead atoms. The number of carbonyl (C=O) groups is 2. The number of amides is 2. The van der Waals surface area contributed by atoms with Crippen LogP contribution in [0.15, 0.2) is 22.7 Å². The highest BCUT2D eigenvalue weighted by atomic mass is 79.9. The smallest absolute Gasteiger partial charge is 0.243 e. The number of nitrogens with zero attached hydrogens (tertiary/aromatic N) is 1. The van der Waals surface area contributed by atoms with E-state index in [2.05, 4.69) is 21.2 Å². The summed E-state index contributed by atoms with van der Waals surface area (Å²) in [6.07, 6.45) is 1.02. The van der Waals surface area contributed by atoms with Crippen molar-refractivity contribution in [2.75, 3.05) is 7.11 Å². The van der Waals surface area contributed by atoms with Crippen LogP contribution >= 0.6 is 15.9 Å². The van der Waals surface area contributed by atoms with E-state index in [1.54, 1.807) is 12.0 Å². The van der Waals surface area contributed by atoms with Gasteiger partial charge in [0.2, 0.25) is 11.8 Å². The van der Waals surface area contributed by atoms with Crippen LogP contribution in [0.25, 0.3) is 0 Å². The molecule has 2 amide bonds. The minimum Gasteiger partial charge on any atom is -0.496 e. The Morgan fingerprint density at radius 3 is 2.86 bits per heavy atom. The Bertz CT molecular complexity index is 575. The number of methoxy groups -OCH3 is 1. The molecule has 0 aromatic heterocycles. The van der Waals surface area contributed by atoms with Crippen molar-refractivity contribution in [2.24, 2.45) is 0 Å². The van der Waals surface area contributed by atoms with Crippen LogP contribution in [0, 0.1) is 0 Å². The molecule has 1 N–H and O–H groups in total. The third-order valence-corrected chi connectivity index (χ3v) is 4.30. The Morgan fingerprint density at radius 1 is 1.50 bits per heavy atom. The highest BCUT2D eigenvalue weighted by Gasteiger charge is 2.37. The fourth-order valence-corrected chi connectivity index (χ4v) is 3.20. The van der Waals surface area contributed by atoms with Crippen LogP contribution in [0.1, 0.15) is 32.3 Å². The molecule has 6 heteroatoms. The molecule has 0 spiro atoms. The van der Waals surface area contributed by atoms with Gasteiger partial charge in [-0.05, 0) is 38.5 Å². The van der Waals surface area contributed by atoms with Crippen molar-refractivity contribution in [2.45, 2.75) is 45.3 Å². The van der Waals surface area contributed by atoms with Crippen molar-refractivity contribution in [1.29, 1.82) is 0 Å². The molecular formula is C16H21BrN2O3. The zero-order chi connectivity index (χ0) is 16.3. The summed E-state index contributed by atoms with van der Waals surface area (Å²) in [7, 11) is 1.60. The van der Waals surface area contributed by atoms with Gasteiger partial charge in [0.15, 0.2) is 0 Å². The molecule has 1 heterocycles. The first-order chi connectivity index (χ1) is 10.4. The van der Waals surface area contributed by atoms with Gasteiger partial charge >= 0.3 is 0 Å². The second kappa shape index (κ2) is 7.13. The van der Waals surface area contributed by atoms with Gasteiger partial charge in [0.05, 0.1) is 7.11 Å². The first-order valence-corrected chi connectivity index (χ1v) is 8.14. The fraction of sp³-hybridized carbons (Fsp3) is 0.500. The van der Waals surface area contributed by atoms with E-state index in [1.165, 1.54) is 0 Å². The van der Waals surface area contributed by atoms with Crippen molar-refractivity contribution >= 4 is 27.7 Å². The molecule has 0 radical (unpaired) electrons. The van der Waals surface area contributed by atoms with Gasteiger partial charge < -0.3 is 15.0 Å². The molecule has 0 unspecified atom stereocenters. The van der Waals surface area contributed by atoms with Gasteiger partial charge in [0, 0.05) is 29.0 Å². The van der Waals surface area contributed by atoms with Crippen LogP contribution < -0.4 is 10.1 Å². The van der Waals surface area contributed by atoms with Gasteiger partial charge in [-0.15, -0.1) is 0 Å². The van der Waals surface area contributed by atoms with Crippen LogP contribution in [0.5, 0.6) is 5.75 Å². The summed E-state index contributed by atoms with van der Waals surface area (Å²) in [5.41, 5.74) is 0.894. The van der Waals surface area contributed by atoms with Crippen molar-refractivity contribution in [3.05, 3.63) is 28.2 Å². The molecule has 1 atom stereocenters. The predicted octanol–water partition coefficient (Wildman–Crippen LogP) is 2.47. The van der Waals surface area contributed by atoms with Crippen molar-refractivity contribution in [3.63, 3.8) is 0 Å². The molecule has 2 rings (SSSR count). The molecule has 1 aliphatic rings. The maximum atomic E-state index is 12.4. The second-order valence-corrected chi connectivity index (χ2v) is 6.54. The van der Waals surface area contributed by atoms with E-state index in [-0.39, 0.29) is 23.9 Å². The Balaban J connectivity index is 2.04. The maximum Gasteiger partial charge on any atom is 0.243 e. The van der Waals surface area contributed by atoms with E-state index in [9.17, 15) is 9.59 Å². The molecule has 120 valence electrons. The fourth-order valence-electron chi connectivity index (χ4n) is 2.79. The van der Waals surface area contributed by atoms with Gasteiger partial charge in [-0.25, -0.2) is 0 Å². The molecule has 0 saturated carbocycles. The number of carbonyl (C=O) groups excluding carboxylic acids is 2. The minimum absolute atomic E-state index is 0.0335. The summed E-state index contributed by atoms with van der Waals surface area (Å²) in [5.74, 6) is 0.670. The summed E-state index contributed by atoms with van der Waals surface area (Å²) in [6, 6.07) is 5.32. The van der Waals surface area contributed by atoms with Crippen molar-refractivity contribution < 1.29 is 14.3 Å². The predicted molar refractivity (Wildman–Crippen MR) is 87.5 cm³/mol. The van der Waals surface area contributed by atoms with Crippen LogP contribution in [0.2, 0.25) is 0 Å². The molecule has 1 fully saturated rings. The van der Waals surface area contributed by atoms with Crippen molar-refractivity contribution in [3.8, 4) is 5.75 Å². The van der Waals surface area contributed by atoms with E-state index >= 15 is 0 Å². The number of benzene rings is 1. The lowest BCUT2D eigenvalue weighted by atomic mass is 10.1. The van der Waals surface area contributed by atoms with E-state index in [0.29, 0.717) is 19.4 Å². The van der Waals surface area contributed by atoms with Crippen LogP contribution in [0.3, 0.4) is 0 Å². The first kappa shape index (κ1) is 16.8. The Labute approximate surface area is 139 Å². The van der Waals surface area contributed by atoms with E-state index in [4.69, 9.17) is 4.74 Å². The van der Waals surface area contributed by atoms with Crippen LogP contribution in [-0.2, 0) is 16.1 Å². The number of likely N-dealkylation sites (tertiary alicyclic amines) is 1. The number of halogens is 1. The zero-order valence-corrected chi connectivity index (χ0v) is 14.6. The largest absolute Gasteiger partial charge is 0.496 e. The lowest BCUT2D eigenvalue weighted by Gasteiger charge is -2.27. The number of hydrogen-bond acceptors (Lipinski definition) is 3. The molecule has 1 aromatic carbocycles. The molecule has 1 aromatic rings. The molecule has 5 nitrogen and oxygen atoms in total. The summed E-state index contributed by atoms with van der Waals surface area (Å²) >= 11 is 3.41. The average Bonchev–Trinajstić information content (AvgIpc) is 2.87. The Kier molecular flexibility index (Phi) is 5.45. The van der Waals surface area contributed by atoms with Crippen molar-refractivity contribution in [1.82, 2.24) is 10.2 Å².